The molecule has 0 bridgehead atoms. The minimum Gasteiger partial charge on any atom is -0.378 e. The first-order valence-electron chi connectivity index (χ1n) is 10.0. The summed E-state index contributed by atoms with van der Waals surface area (Å²) in [4.78, 5) is 11.7. The van der Waals surface area contributed by atoms with Gasteiger partial charge in [-0.05, 0) is 37.7 Å². The number of rotatable bonds is 7. The molecule has 1 aromatic heterocycles. The highest BCUT2D eigenvalue weighted by atomic mass is 127. The molecule has 152 valence electrons. The maximum atomic E-state index is 5.46. The molecule has 1 aliphatic carbocycles. The van der Waals surface area contributed by atoms with Crippen LogP contribution < -0.4 is 15.5 Å². The van der Waals surface area contributed by atoms with Gasteiger partial charge in [-0.2, -0.15) is 0 Å². The molecule has 6 nitrogen and oxygen atoms in total. The molecule has 0 spiro atoms. The van der Waals surface area contributed by atoms with Gasteiger partial charge in [-0.3, -0.25) is 0 Å². The molecule has 0 atom stereocenters. The summed E-state index contributed by atoms with van der Waals surface area (Å²) < 4.78 is 5.46. The maximum Gasteiger partial charge on any atom is 0.191 e. The van der Waals surface area contributed by atoms with E-state index in [1.54, 1.807) is 0 Å². The van der Waals surface area contributed by atoms with E-state index in [4.69, 9.17) is 9.73 Å². The predicted octanol–water partition coefficient (Wildman–Crippen LogP) is 3.17. The minimum absolute atomic E-state index is 0. The van der Waals surface area contributed by atoms with Crippen LogP contribution in [0.5, 0.6) is 0 Å². The minimum atomic E-state index is 0. The Morgan fingerprint density at radius 3 is 2.67 bits per heavy atom. The zero-order chi connectivity index (χ0) is 18.2. The predicted molar refractivity (Wildman–Crippen MR) is 122 cm³/mol. The van der Waals surface area contributed by atoms with Gasteiger partial charge in [0.05, 0.1) is 19.8 Å². The summed E-state index contributed by atoms with van der Waals surface area (Å²) in [5, 5.41) is 6.95. The first kappa shape index (κ1) is 22.2. The number of hydrogen-bond donors (Lipinski definition) is 2. The second-order valence-electron chi connectivity index (χ2n) is 7.34. The fourth-order valence-electron chi connectivity index (χ4n) is 3.72. The third-order valence-electron chi connectivity index (χ3n) is 5.72. The molecular weight excluding hydrogens is 453 g/mol. The fourth-order valence-corrected chi connectivity index (χ4v) is 3.72. The van der Waals surface area contributed by atoms with Crippen molar-refractivity contribution in [3.05, 3.63) is 23.9 Å². The van der Waals surface area contributed by atoms with Crippen LogP contribution in [-0.4, -0.2) is 50.3 Å². The van der Waals surface area contributed by atoms with Gasteiger partial charge >= 0.3 is 0 Å². The topological polar surface area (TPSA) is 61.8 Å². The van der Waals surface area contributed by atoms with Crippen LogP contribution in [0.3, 0.4) is 0 Å². The number of nitrogens with one attached hydrogen (secondary N) is 2. The van der Waals surface area contributed by atoms with Gasteiger partial charge in [-0.1, -0.05) is 19.4 Å². The molecule has 1 aromatic rings. The molecule has 7 heteroatoms. The van der Waals surface area contributed by atoms with Crippen LogP contribution in [0.4, 0.5) is 5.82 Å². The van der Waals surface area contributed by atoms with E-state index in [2.05, 4.69) is 40.4 Å². The molecule has 2 aliphatic rings. The molecule has 0 unspecified atom stereocenters. The Bertz CT molecular complexity index is 594. The summed E-state index contributed by atoms with van der Waals surface area (Å²) in [7, 11) is 0. The average Bonchev–Trinajstić information content (AvgIpc) is 2.66. The Balaban J connectivity index is 0.00000261. The molecule has 2 N–H and O–H groups in total. The molecule has 0 aromatic carbocycles. The Morgan fingerprint density at radius 1 is 1.26 bits per heavy atom. The van der Waals surface area contributed by atoms with Gasteiger partial charge in [0.25, 0.3) is 0 Å². The van der Waals surface area contributed by atoms with Crippen LogP contribution in [0.15, 0.2) is 23.3 Å². The van der Waals surface area contributed by atoms with Gasteiger partial charge in [-0.15, -0.1) is 24.0 Å². The third kappa shape index (κ3) is 5.94. The summed E-state index contributed by atoms with van der Waals surface area (Å²) in [6.45, 7) is 10.2. The summed E-state index contributed by atoms with van der Waals surface area (Å²) in [6.07, 6.45) is 7.13. The van der Waals surface area contributed by atoms with E-state index in [0.29, 0.717) is 12.0 Å². The van der Waals surface area contributed by atoms with E-state index in [1.807, 2.05) is 12.3 Å². The number of guanidine groups is 1. The zero-order valence-electron chi connectivity index (χ0n) is 16.7. The van der Waals surface area contributed by atoms with Gasteiger partial charge in [0.2, 0.25) is 0 Å². The summed E-state index contributed by atoms with van der Waals surface area (Å²) in [5.74, 6) is 1.95. The van der Waals surface area contributed by atoms with Crippen LogP contribution in [0, 0.1) is 5.41 Å². The van der Waals surface area contributed by atoms with Crippen molar-refractivity contribution in [2.45, 2.75) is 46.1 Å². The van der Waals surface area contributed by atoms with Gasteiger partial charge in [0.15, 0.2) is 5.96 Å². The van der Waals surface area contributed by atoms with Crippen LogP contribution >= 0.6 is 24.0 Å². The highest BCUT2D eigenvalue weighted by Crippen LogP contribution is 2.42. The van der Waals surface area contributed by atoms with Crippen molar-refractivity contribution in [2.24, 2.45) is 10.4 Å². The number of morpholine rings is 1. The molecule has 1 aliphatic heterocycles. The van der Waals surface area contributed by atoms with Crippen LogP contribution in [0.1, 0.15) is 45.1 Å². The van der Waals surface area contributed by atoms with E-state index in [0.717, 1.165) is 51.2 Å². The van der Waals surface area contributed by atoms with Gasteiger partial charge in [0.1, 0.15) is 5.82 Å². The Kier molecular flexibility index (Phi) is 9.08. The SMILES string of the molecule is CCNC(=NCc1cccnc1N1CCOCC1)NCC1(CC)CCC1.I. The highest BCUT2D eigenvalue weighted by molar-refractivity contribution is 14.0. The molecule has 0 radical (unpaired) electrons. The van der Waals surface area contributed by atoms with E-state index in [-0.39, 0.29) is 24.0 Å². The van der Waals surface area contributed by atoms with Crippen molar-refractivity contribution in [1.82, 2.24) is 15.6 Å². The van der Waals surface area contributed by atoms with Crippen molar-refractivity contribution < 1.29 is 4.74 Å². The largest absolute Gasteiger partial charge is 0.378 e. The molecule has 27 heavy (non-hydrogen) atoms. The van der Waals surface area contributed by atoms with Gasteiger partial charge in [-0.25, -0.2) is 9.98 Å². The van der Waals surface area contributed by atoms with Crippen LogP contribution in [-0.2, 0) is 11.3 Å². The lowest BCUT2D eigenvalue weighted by Gasteiger charge is -2.41. The Morgan fingerprint density at radius 2 is 2.04 bits per heavy atom. The van der Waals surface area contributed by atoms with Crippen molar-refractivity contribution in [2.75, 3.05) is 44.3 Å². The summed E-state index contributed by atoms with van der Waals surface area (Å²) >= 11 is 0. The molecule has 1 saturated heterocycles. The zero-order valence-corrected chi connectivity index (χ0v) is 19.0. The molecule has 2 heterocycles. The van der Waals surface area contributed by atoms with Crippen LogP contribution in [0.2, 0.25) is 0 Å². The fraction of sp³-hybridized carbons (Fsp3) is 0.700. The van der Waals surface area contributed by atoms with Gasteiger partial charge < -0.3 is 20.3 Å². The number of halogens is 1. The second-order valence-corrected chi connectivity index (χ2v) is 7.34. The second kappa shape index (κ2) is 11.0. The monoisotopic (exact) mass is 487 g/mol. The Labute approximate surface area is 180 Å². The lowest BCUT2D eigenvalue weighted by atomic mass is 9.67. The van der Waals surface area contributed by atoms with Crippen molar-refractivity contribution >= 4 is 35.8 Å². The number of aromatic nitrogens is 1. The number of hydrogen-bond acceptors (Lipinski definition) is 4. The van der Waals surface area contributed by atoms with Crippen molar-refractivity contribution in [3.8, 4) is 0 Å². The maximum absolute atomic E-state index is 5.46. The van der Waals surface area contributed by atoms with Crippen molar-refractivity contribution in [1.29, 1.82) is 0 Å². The molecule has 2 fully saturated rings. The lowest BCUT2D eigenvalue weighted by molar-refractivity contribution is 0.122. The quantitative estimate of drug-likeness (QED) is 0.352. The summed E-state index contributed by atoms with van der Waals surface area (Å²) in [5.41, 5.74) is 1.64. The average molecular weight is 487 g/mol. The number of nitrogens with zero attached hydrogens (tertiary/aromatic N) is 3. The smallest absolute Gasteiger partial charge is 0.191 e. The third-order valence-corrected chi connectivity index (χ3v) is 5.72. The highest BCUT2D eigenvalue weighted by Gasteiger charge is 2.34. The number of ether oxygens (including phenoxy) is 1. The lowest BCUT2D eigenvalue weighted by Crippen LogP contribution is -2.46. The van der Waals surface area contributed by atoms with Crippen molar-refractivity contribution in [3.63, 3.8) is 0 Å². The summed E-state index contributed by atoms with van der Waals surface area (Å²) in [6, 6.07) is 4.12. The standard InChI is InChI=1S/C20H33N5O.HI/c1-3-20(8-6-9-20)16-24-19(21-4-2)23-15-17-7-5-10-22-18(17)25-11-13-26-14-12-25;/h5,7,10H,3-4,6,8-9,11-16H2,1-2H3,(H2,21,23,24);1H. The van der Waals surface area contributed by atoms with E-state index in [9.17, 15) is 0 Å². The first-order chi connectivity index (χ1) is 12.8. The number of aliphatic imine (C=N–C) groups is 1. The number of anilines is 1. The molecule has 1 saturated carbocycles. The van der Waals surface area contributed by atoms with Crippen LogP contribution in [0.25, 0.3) is 0 Å². The Hall–Kier alpha value is -1.09. The molecular formula is C20H34IN5O. The van der Waals surface area contributed by atoms with E-state index < -0.39 is 0 Å². The van der Waals surface area contributed by atoms with Gasteiger partial charge in [0, 0.05) is 37.9 Å². The number of pyridine rings is 1. The van der Waals surface area contributed by atoms with E-state index in [1.165, 1.54) is 31.2 Å². The molecule has 3 rings (SSSR count). The molecule has 0 amide bonds. The van der Waals surface area contributed by atoms with E-state index >= 15 is 0 Å². The normalized spacial score (nSPS) is 19.0. The first-order valence-corrected chi connectivity index (χ1v) is 10.0.